The minimum absolute atomic E-state index is 0.0613. The van der Waals surface area contributed by atoms with Crippen molar-refractivity contribution in [2.24, 2.45) is 0 Å². The molecule has 0 aromatic carbocycles. The molecule has 0 fully saturated rings. The Labute approximate surface area is 67.5 Å². The van der Waals surface area contributed by atoms with Gasteiger partial charge in [-0.25, -0.2) is 4.79 Å². The van der Waals surface area contributed by atoms with Gasteiger partial charge in [0.1, 0.15) is 0 Å². The lowest BCUT2D eigenvalue weighted by atomic mass is 10.2. The molecule has 1 aromatic rings. The summed E-state index contributed by atoms with van der Waals surface area (Å²) in [5.74, 6) is -0.252. The molecule has 0 spiro atoms. The van der Waals surface area contributed by atoms with Gasteiger partial charge in [0.15, 0.2) is 5.78 Å². The third kappa shape index (κ3) is 1.69. The third-order valence-corrected chi connectivity index (χ3v) is 1.38. The number of Topliss-reactive ketones (excluding diaryl/α,β-unsaturated/α-hetero) is 1. The van der Waals surface area contributed by atoms with Crippen molar-refractivity contribution in [1.82, 2.24) is 9.97 Å². The van der Waals surface area contributed by atoms with Gasteiger partial charge in [0, 0.05) is 12.5 Å². The molecule has 0 atom stereocenters. The second-order valence-corrected chi connectivity index (χ2v) is 2.28. The summed E-state index contributed by atoms with van der Waals surface area (Å²) in [5.41, 5.74) is -1.15. The lowest BCUT2D eigenvalue weighted by Crippen LogP contribution is -2.24. The van der Waals surface area contributed by atoms with Gasteiger partial charge in [-0.2, -0.15) is 0 Å². The molecule has 0 amide bonds. The maximum absolute atomic E-state index is 11.0. The fourth-order valence-corrected chi connectivity index (χ4v) is 0.809. The van der Waals surface area contributed by atoms with E-state index in [4.69, 9.17) is 0 Å². The molecule has 0 aliphatic rings. The number of carbonyl (C=O) groups excluding carboxylic acids is 1. The minimum atomic E-state index is -0.653. The van der Waals surface area contributed by atoms with Gasteiger partial charge in [-0.05, 0) is 0 Å². The van der Waals surface area contributed by atoms with Crippen molar-refractivity contribution in [2.75, 3.05) is 0 Å². The van der Waals surface area contributed by atoms with Crippen molar-refractivity contribution in [2.45, 2.75) is 13.3 Å². The van der Waals surface area contributed by atoms with Gasteiger partial charge >= 0.3 is 5.69 Å². The predicted molar refractivity (Wildman–Crippen MR) is 42.3 cm³/mol. The zero-order chi connectivity index (χ0) is 9.14. The molecule has 0 unspecified atom stereocenters. The van der Waals surface area contributed by atoms with Crippen molar-refractivity contribution in [3.05, 3.63) is 32.6 Å². The molecule has 1 rings (SSSR count). The highest BCUT2D eigenvalue weighted by Crippen LogP contribution is 1.91. The number of aromatic amines is 2. The van der Waals surface area contributed by atoms with E-state index in [9.17, 15) is 14.4 Å². The van der Waals surface area contributed by atoms with E-state index in [1.807, 2.05) is 4.98 Å². The average molecular weight is 168 g/mol. The van der Waals surface area contributed by atoms with E-state index in [0.717, 1.165) is 6.07 Å². The first-order valence-corrected chi connectivity index (χ1v) is 3.50. The van der Waals surface area contributed by atoms with E-state index < -0.39 is 11.2 Å². The lowest BCUT2D eigenvalue weighted by molar-refractivity contribution is 0.0982. The van der Waals surface area contributed by atoms with Gasteiger partial charge in [-0.15, -0.1) is 0 Å². The molecule has 0 saturated carbocycles. The number of rotatable bonds is 2. The number of ketones is 1. The maximum atomic E-state index is 11.0. The molecule has 2 N–H and O–H groups in total. The number of carbonyl (C=O) groups is 1. The quantitative estimate of drug-likeness (QED) is 0.592. The number of H-pyrrole nitrogens is 2. The normalized spacial score (nSPS) is 9.75. The molecule has 1 heterocycles. The first-order valence-electron chi connectivity index (χ1n) is 3.50. The predicted octanol–water partition coefficient (Wildman–Crippen LogP) is -0.344. The van der Waals surface area contributed by atoms with Crippen molar-refractivity contribution in [3.63, 3.8) is 0 Å². The van der Waals surface area contributed by atoms with Crippen LogP contribution in [0.5, 0.6) is 0 Å². The maximum Gasteiger partial charge on any atom is 0.326 e. The second kappa shape index (κ2) is 3.17. The number of aromatic nitrogens is 2. The number of hydrogen-bond acceptors (Lipinski definition) is 3. The van der Waals surface area contributed by atoms with Gasteiger partial charge in [0.25, 0.3) is 5.56 Å². The molecule has 5 heteroatoms. The zero-order valence-electron chi connectivity index (χ0n) is 6.51. The Morgan fingerprint density at radius 2 is 2.08 bits per heavy atom. The minimum Gasteiger partial charge on any atom is -0.304 e. The highest BCUT2D eigenvalue weighted by atomic mass is 16.2. The molecule has 0 saturated heterocycles. The van der Waals surface area contributed by atoms with Gasteiger partial charge in [-0.3, -0.25) is 14.6 Å². The Balaban J connectivity index is 3.27. The Hall–Kier alpha value is -1.65. The van der Waals surface area contributed by atoms with Gasteiger partial charge in [0.2, 0.25) is 0 Å². The molecule has 12 heavy (non-hydrogen) atoms. The van der Waals surface area contributed by atoms with Crippen molar-refractivity contribution in [1.29, 1.82) is 0 Å². The summed E-state index contributed by atoms with van der Waals surface area (Å²) in [6, 6.07) is 1.08. The van der Waals surface area contributed by atoms with Crippen LogP contribution in [0.25, 0.3) is 0 Å². The van der Waals surface area contributed by atoms with Crippen LogP contribution in [0.3, 0.4) is 0 Å². The van der Waals surface area contributed by atoms with Crippen LogP contribution in [0, 0.1) is 0 Å². The summed E-state index contributed by atoms with van der Waals surface area (Å²) in [6.07, 6.45) is 0.263. The summed E-state index contributed by atoms with van der Waals surface area (Å²) >= 11 is 0. The standard InChI is InChI=1S/C7H8N2O3/c1-2-5(10)4-3-6(11)9-7(12)8-4/h3H,2H2,1H3,(H2,8,9,11,12). The summed E-state index contributed by atoms with van der Waals surface area (Å²) in [5, 5.41) is 0. The first-order chi connectivity index (χ1) is 5.63. The lowest BCUT2D eigenvalue weighted by Gasteiger charge is -1.93. The monoisotopic (exact) mass is 168 g/mol. The van der Waals surface area contributed by atoms with Crippen LogP contribution >= 0.6 is 0 Å². The summed E-state index contributed by atoms with van der Waals surface area (Å²) in [7, 11) is 0. The average Bonchev–Trinajstić information content (AvgIpc) is 2.01. The first kappa shape index (κ1) is 8.45. The van der Waals surface area contributed by atoms with E-state index in [2.05, 4.69) is 4.98 Å². The fraction of sp³-hybridized carbons (Fsp3) is 0.286. The summed E-state index contributed by atoms with van der Waals surface area (Å²) < 4.78 is 0. The topological polar surface area (TPSA) is 82.8 Å². The van der Waals surface area contributed by atoms with E-state index in [1.165, 1.54) is 0 Å². The van der Waals surface area contributed by atoms with E-state index in [-0.39, 0.29) is 17.9 Å². The molecule has 0 radical (unpaired) electrons. The van der Waals surface area contributed by atoms with Gasteiger partial charge in [0.05, 0.1) is 5.69 Å². The van der Waals surface area contributed by atoms with Gasteiger partial charge < -0.3 is 4.98 Å². The molecule has 64 valence electrons. The molecule has 0 aliphatic heterocycles. The van der Waals surface area contributed by atoms with Crippen LogP contribution in [0.4, 0.5) is 0 Å². The van der Waals surface area contributed by atoms with Crippen LogP contribution in [0.15, 0.2) is 15.7 Å². The van der Waals surface area contributed by atoms with Crippen LogP contribution < -0.4 is 11.2 Å². The second-order valence-electron chi connectivity index (χ2n) is 2.28. The van der Waals surface area contributed by atoms with E-state index in [0.29, 0.717) is 0 Å². The van der Waals surface area contributed by atoms with Gasteiger partial charge in [-0.1, -0.05) is 6.92 Å². The molecule has 0 bridgehead atoms. The highest BCUT2D eigenvalue weighted by Gasteiger charge is 2.04. The van der Waals surface area contributed by atoms with Crippen LogP contribution in [-0.2, 0) is 0 Å². The molecule has 5 nitrogen and oxygen atoms in total. The SMILES string of the molecule is CCC(=O)c1cc(=O)[nH]c(=O)[nH]1. The van der Waals surface area contributed by atoms with Crippen molar-refractivity contribution >= 4 is 5.78 Å². The Bertz CT molecular complexity index is 373. The Morgan fingerprint density at radius 3 is 2.58 bits per heavy atom. The highest BCUT2D eigenvalue weighted by molar-refractivity contribution is 5.93. The number of nitrogens with one attached hydrogen (secondary N) is 2. The van der Waals surface area contributed by atoms with Crippen molar-refractivity contribution < 1.29 is 4.79 Å². The summed E-state index contributed by atoms with van der Waals surface area (Å²) in [6.45, 7) is 1.65. The van der Waals surface area contributed by atoms with E-state index in [1.54, 1.807) is 6.92 Å². The molecular formula is C7H8N2O3. The zero-order valence-corrected chi connectivity index (χ0v) is 6.51. The third-order valence-electron chi connectivity index (χ3n) is 1.38. The molecular weight excluding hydrogens is 160 g/mol. The smallest absolute Gasteiger partial charge is 0.304 e. The van der Waals surface area contributed by atoms with E-state index >= 15 is 0 Å². The van der Waals surface area contributed by atoms with Crippen LogP contribution in [-0.4, -0.2) is 15.8 Å². The molecule has 0 aliphatic carbocycles. The number of hydrogen-bond donors (Lipinski definition) is 2. The molecule has 1 aromatic heterocycles. The fourth-order valence-electron chi connectivity index (χ4n) is 0.809. The summed E-state index contributed by atoms with van der Waals surface area (Å²) in [4.78, 5) is 36.6. The van der Waals surface area contributed by atoms with Crippen molar-refractivity contribution in [3.8, 4) is 0 Å². The van der Waals surface area contributed by atoms with Crippen LogP contribution in [0.1, 0.15) is 23.8 Å². The largest absolute Gasteiger partial charge is 0.326 e. The van der Waals surface area contributed by atoms with Crippen LogP contribution in [0.2, 0.25) is 0 Å². The Kier molecular flexibility index (Phi) is 2.23. The Morgan fingerprint density at radius 1 is 1.42 bits per heavy atom.